The van der Waals surface area contributed by atoms with Crippen LogP contribution in [0.25, 0.3) is 0 Å². The Morgan fingerprint density at radius 2 is 2.06 bits per heavy atom. The number of hydrogen-bond donors (Lipinski definition) is 3. The molecule has 0 aliphatic rings. The lowest BCUT2D eigenvalue weighted by atomic mass is 9.92. The minimum atomic E-state index is -0.661. The smallest absolute Gasteiger partial charge is 0.252 e. The number of nitrogens with two attached hydrogens (primary N) is 1. The lowest BCUT2D eigenvalue weighted by molar-refractivity contribution is -0.128. The molecular weight excluding hydrogens is 232 g/mol. The van der Waals surface area contributed by atoms with Crippen LogP contribution in [0, 0.1) is 5.41 Å². The van der Waals surface area contributed by atoms with E-state index in [1.54, 1.807) is 33.0 Å². The number of nitrogens with one attached hydrogen (secondary N) is 2. The van der Waals surface area contributed by atoms with Gasteiger partial charge in [-0.05, 0) is 26.0 Å². The number of carbonyl (C=O) groups is 2. The third-order valence-corrected chi connectivity index (χ3v) is 2.58. The van der Waals surface area contributed by atoms with Crippen LogP contribution in [0.1, 0.15) is 24.2 Å². The molecule has 0 fully saturated rings. The van der Waals surface area contributed by atoms with Gasteiger partial charge in [0.25, 0.3) is 5.91 Å². The zero-order chi connectivity index (χ0) is 13.8. The summed E-state index contributed by atoms with van der Waals surface area (Å²) >= 11 is 0. The summed E-state index contributed by atoms with van der Waals surface area (Å²) in [4.78, 5) is 27.2. The maximum absolute atomic E-state index is 11.8. The van der Waals surface area contributed by atoms with E-state index in [1.807, 2.05) is 0 Å². The molecule has 2 amide bonds. The Bertz CT molecular complexity index is 440. The molecule has 0 saturated heterocycles. The van der Waals surface area contributed by atoms with Crippen LogP contribution in [0.2, 0.25) is 0 Å². The molecule has 0 aromatic carbocycles. The molecule has 1 aromatic rings. The predicted molar refractivity (Wildman–Crippen MR) is 68.8 cm³/mol. The van der Waals surface area contributed by atoms with Crippen molar-refractivity contribution in [3.8, 4) is 0 Å². The molecule has 0 radical (unpaired) electrons. The van der Waals surface area contributed by atoms with E-state index >= 15 is 0 Å². The lowest BCUT2D eigenvalue weighted by Crippen LogP contribution is -2.43. The van der Waals surface area contributed by atoms with Crippen molar-refractivity contribution in [2.45, 2.75) is 13.8 Å². The van der Waals surface area contributed by atoms with Gasteiger partial charge < -0.3 is 16.4 Å². The second-order valence-corrected chi connectivity index (χ2v) is 4.62. The molecule has 6 nitrogen and oxygen atoms in total. The third-order valence-electron chi connectivity index (χ3n) is 2.58. The molecule has 98 valence electrons. The van der Waals surface area contributed by atoms with Gasteiger partial charge in [-0.1, -0.05) is 0 Å². The highest BCUT2D eigenvalue weighted by Crippen LogP contribution is 2.13. The molecule has 0 unspecified atom stereocenters. The first kappa shape index (κ1) is 14.0. The molecule has 0 aliphatic heterocycles. The summed E-state index contributed by atoms with van der Waals surface area (Å²) in [6, 6.07) is 3.14. The summed E-state index contributed by atoms with van der Waals surface area (Å²) < 4.78 is 0. The number of rotatable bonds is 4. The number of amides is 2. The van der Waals surface area contributed by atoms with Gasteiger partial charge in [0.15, 0.2) is 0 Å². The van der Waals surface area contributed by atoms with Gasteiger partial charge >= 0.3 is 0 Å². The lowest BCUT2D eigenvalue weighted by Gasteiger charge is -2.22. The van der Waals surface area contributed by atoms with Gasteiger partial charge in [0, 0.05) is 19.8 Å². The number of pyridine rings is 1. The van der Waals surface area contributed by atoms with E-state index in [2.05, 4.69) is 15.6 Å². The van der Waals surface area contributed by atoms with Crippen LogP contribution in [0.3, 0.4) is 0 Å². The van der Waals surface area contributed by atoms with Crippen molar-refractivity contribution < 1.29 is 9.59 Å². The molecule has 0 saturated carbocycles. The van der Waals surface area contributed by atoms with Gasteiger partial charge in [-0.2, -0.15) is 0 Å². The Kier molecular flexibility index (Phi) is 4.25. The average molecular weight is 250 g/mol. The number of anilines is 1. The number of hydrogen-bond acceptors (Lipinski definition) is 4. The Balaban J connectivity index is 2.61. The Morgan fingerprint density at radius 1 is 1.39 bits per heavy atom. The number of nitrogens with zero attached hydrogens (tertiary/aromatic N) is 1. The van der Waals surface area contributed by atoms with Crippen LogP contribution < -0.4 is 16.4 Å². The van der Waals surface area contributed by atoms with Crippen molar-refractivity contribution in [2.75, 3.05) is 19.3 Å². The van der Waals surface area contributed by atoms with E-state index < -0.39 is 5.41 Å². The van der Waals surface area contributed by atoms with E-state index in [-0.39, 0.29) is 18.4 Å². The van der Waals surface area contributed by atoms with Crippen molar-refractivity contribution in [2.24, 2.45) is 5.41 Å². The van der Waals surface area contributed by atoms with Crippen molar-refractivity contribution in [1.82, 2.24) is 15.6 Å². The zero-order valence-electron chi connectivity index (χ0n) is 10.8. The minimum Gasteiger partial charge on any atom is -0.384 e. The largest absolute Gasteiger partial charge is 0.384 e. The Morgan fingerprint density at radius 3 is 2.56 bits per heavy atom. The highest BCUT2D eigenvalue weighted by Gasteiger charge is 2.27. The normalized spacial score (nSPS) is 10.8. The summed E-state index contributed by atoms with van der Waals surface area (Å²) in [5.41, 5.74) is 5.18. The van der Waals surface area contributed by atoms with E-state index in [9.17, 15) is 9.59 Å². The molecular formula is C12H18N4O2. The Hall–Kier alpha value is -2.11. The monoisotopic (exact) mass is 250 g/mol. The summed E-state index contributed by atoms with van der Waals surface area (Å²) in [7, 11) is 1.57. The number of carbonyl (C=O) groups excluding carboxylic acids is 2. The topological polar surface area (TPSA) is 97.1 Å². The van der Waals surface area contributed by atoms with Crippen LogP contribution in [-0.4, -0.2) is 30.4 Å². The van der Waals surface area contributed by atoms with Crippen LogP contribution in [0.4, 0.5) is 5.82 Å². The first-order valence-electron chi connectivity index (χ1n) is 5.59. The minimum absolute atomic E-state index is 0.127. The van der Waals surface area contributed by atoms with Crippen molar-refractivity contribution in [1.29, 1.82) is 0 Å². The SMILES string of the molecule is CNC(=O)C(C)(C)CNC(=O)c1ccc(N)nc1. The highest BCUT2D eigenvalue weighted by molar-refractivity contribution is 5.94. The molecule has 0 bridgehead atoms. The van der Waals surface area contributed by atoms with E-state index in [0.717, 1.165) is 0 Å². The van der Waals surface area contributed by atoms with Gasteiger partial charge in [-0.15, -0.1) is 0 Å². The fourth-order valence-electron chi connectivity index (χ4n) is 1.36. The number of aromatic nitrogens is 1. The second kappa shape index (κ2) is 5.48. The van der Waals surface area contributed by atoms with Gasteiger partial charge in [0.05, 0.1) is 11.0 Å². The molecule has 1 rings (SSSR count). The molecule has 0 aliphatic carbocycles. The van der Waals surface area contributed by atoms with Crippen LogP contribution >= 0.6 is 0 Å². The third kappa shape index (κ3) is 3.44. The van der Waals surface area contributed by atoms with Gasteiger partial charge in [0.1, 0.15) is 5.82 Å². The van der Waals surface area contributed by atoms with Crippen LogP contribution in [0.5, 0.6) is 0 Å². The summed E-state index contributed by atoms with van der Waals surface area (Å²) in [6.45, 7) is 3.76. The van der Waals surface area contributed by atoms with Crippen molar-refractivity contribution in [3.05, 3.63) is 23.9 Å². The maximum atomic E-state index is 11.8. The van der Waals surface area contributed by atoms with Gasteiger partial charge in [0.2, 0.25) is 5.91 Å². The first-order chi connectivity index (χ1) is 8.36. The predicted octanol–water partition coefficient (Wildman–Crippen LogP) is 0.166. The van der Waals surface area contributed by atoms with Crippen molar-refractivity contribution in [3.63, 3.8) is 0 Å². The molecule has 0 spiro atoms. The standard InChI is InChI=1S/C12H18N4O2/c1-12(2,11(18)14-3)7-16-10(17)8-4-5-9(13)15-6-8/h4-6H,7H2,1-3H3,(H2,13,15)(H,14,18)(H,16,17). The summed E-state index contributed by atoms with van der Waals surface area (Å²) in [5.74, 6) is -0.0463. The molecule has 0 atom stereocenters. The average Bonchev–Trinajstić information content (AvgIpc) is 2.35. The second-order valence-electron chi connectivity index (χ2n) is 4.62. The molecule has 6 heteroatoms. The van der Waals surface area contributed by atoms with E-state index in [4.69, 9.17) is 5.73 Å². The van der Waals surface area contributed by atoms with E-state index in [1.165, 1.54) is 6.20 Å². The fraction of sp³-hybridized carbons (Fsp3) is 0.417. The quantitative estimate of drug-likeness (QED) is 0.709. The van der Waals surface area contributed by atoms with Crippen LogP contribution in [-0.2, 0) is 4.79 Å². The van der Waals surface area contributed by atoms with Crippen LogP contribution in [0.15, 0.2) is 18.3 Å². The number of nitrogen functional groups attached to an aromatic ring is 1. The maximum Gasteiger partial charge on any atom is 0.252 e. The van der Waals surface area contributed by atoms with Gasteiger partial charge in [-0.3, -0.25) is 9.59 Å². The highest BCUT2D eigenvalue weighted by atomic mass is 16.2. The summed E-state index contributed by atoms with van der Waals surface area (Å²) in [6.07, 6.45) is 1.40. The first-order valence-corrected chi connectivity index (χ1v) is 5.59. The summed E-state index contributed by atoms with van der Waals surface area (Å²) in [5, 5.41) is 5.25. The molecule has 4 N–H and O–H groups in total. The molecule has 1 heterocycles. The molecule has 18 heavy (non-hydrogen) atoms. The van der Waals surface area contributed by atoms with E-state index in [0.29, 0.717) is 11.4 Å². The fourth-order valence-corrected chi connectivity index (χ4v) is 1.36. The Labute approximate surface area is 106 Å². The zero-order valence-corrected chi connectivity index (χ0v) is 10.8. The molecule has 1 aromatic heterocycles. The van der Waals surface area contributed by atoms with Gasteiger partial charge in [-0.25, -0.2) is 4.98 Å². The van der Waals surface area contributed by atoms with Crippen molar-refractivity contribution >= 4 is 17.6 Å².